The smallest absolute Gasteiger partial charge is 0.202 e. The lowest BCUT2D eigenvalue weighted by Gasteiger charge is -2.15. The zero-order valence-electron chi connectivity index (χ0n) is 9.28. The Labute approximate surface area is 105 Å². The van der Waals surface area contributed by atoms with Gasteiger partial charge in [-0.2, -0.15) is 4.37 Å². The average Bonchev–Trinajstić information content (AvgIpc) is 3.01. The van der Waals surface area contributed by atoms with Crippen LogP contribution in [0.25, 0.3) is 0 Å². The molecule has 1 unspecified atom stereocenters. The van der Waals surface area contributed by atoms with Gasteiger partial charge in [-0.05, 0) is 19.3 Å². The van der Waals surface area contributed by atoms with E-state index in [9.17, 15) is 0 Å². The first-order valence-corrected chi connectivity index (χ1v) is 6.79. The number of methoxy groups -OCH3 is 1. The maximum atomic E-state index is 5.74. The molecule has 0 aromatic carbocycles. The molecule has 0 bridgehead atoms. The van der Waals surface area contributed by atoms with Crippen molar-refractivity contribution in [1.82, 2.24) is 9.36 Å². The summed E-state index contributed by atoms with van der Waals surface area (Å²) in [5, 5.41) is 4.20. The van der Waals surface area contributed by atoms with Crippen LogP contribution < -0.4 is 5.32 Å². The van der Waals surface area contributed by atoms with Gasteiger partial charge in [-0.15, -0.1) is 11.6 Å². The van der Waals surface area contributed by atoms with Gasteiger partial charge in [-0.3, -0.25) is 0 Å². The Balaban J connectivity index is 1.89. The van der Waals surface area contributed by atoms with Crippen molar-refractivity contribution < 1.29 is 4.74 Å². The van der Waals surface area contributed by atoms with E-state index in [1.165, 1.54) is 24.4 Å². The second-order valence-electron chi connectivity index (χ2n) is 4.01. The largest absolute Gasteiger partial charge is 0.383 e. The van der Waals surface area contributed by atoms with Gasteiger partial charge in [0.25, 0.3) is 0 Å². The predicted octanol–water partition coefficient (Wildman–Crippen LogP) is 2.47. The van der Waals surface area contributed by atoms with Crippen molar-refractivity contribution in [3.63, 3.8) is 0 Å². The number of anilines is 1. The zero-order valence-corrected chi connectivity index (χ0v) is 10.9. The maximum Gasteiger partial charge on any atom is 0.202 e. The monoisotopic (exact) mass is 261 g/mol. The maximum absolute atomic E-state index is 5.74. The van der Waals surface area contributed by atoms with Gasteiger partial charge in [-0.1, -0.05) is 0 Å². The Bertz CT molecular complexity index is 324. The molecule has 1 aromatic rings. The van der Waals surface area contributed by atoms with Crippen LogP contribution in [0.5, 0.6) is 0 Å². The highest BCUT2D eigenvalue weighted by molar-refractivity contribution is 7.09. The third-order valence-electron chi connectivity index (χ3n) is 2.54. The van der Waals surface area contributed by atoms with E-state index < -0.39 is 0 Å². The molecule has 1 aromatic heterocycles. The van der Waals surface area contributed by atoms with Crippen LogP contribution in [0.1, 0.15) is 31.0 Å². The van der Waals surface area contributed by atoms with Crippen molar-refractivity contribution in [2.75, 3.05) is 24.9 Å². The van der Waals surface area contributed by atoms with Crippen molar-refractivity contribution in [3.8, 4) is 0 Å². The molecule has 0 saturated heterocycles. The summed E-state index contributed by atoms with van der Waals surface area (Å²) in [6.45, 7) is 0.644. The van der Waals surface area contributed by atoms with Gasteiger partial charge < -0.3 is 10.1 Å². The number of aromatic nitrogens is 2. The number of alkyl halides is 1. The minimum absolute atomic E-state index is 0.225. The van der Waals surface area contributed by atoms with E-state index in [2.05, 4.69) is 14.7 Å². The first-order valence-electron chi connectivity index (χ1n) is 5.48. The van der Waals surface area contributed by atoms with E-state index in [4.69, 9.17) is 16.3 Å². The Morgan fingerprint density at radius 1 is 1.62 bits per heavy atom. The number of halogens is 1. The molecule has 4 nitrogen and oxygen atoms in total. The highest BCUT2D eigenvalue weighted by Crippen LogP contribution is 2.39. The normalized spacial score (nSPS) is 17.4. The molecule has 1 aliphatic rings. The molecule has 1 fully saturated rings. The number of ether oxygens (including phenoxy) is 1. The molecular weight excluding hydrogens is 246 g/mol. The summed E-state index contributed by atoms with van der Waals surface area (Å²) in [5.41, 5.74) is 0. The number of hydrogen-bond acceptors (Lipinski definition) is 5. The molecule has 0 radical (unpaired) electrons. The van der Waals surface area contributed by atoms with E-state index in [-0.39, 0.29) is 6.04 Å². The van der Waals surface area contributed by atoms with Gasteiger partial charge in [0.05, 0.1) is 12.6 Å². The standard InChI is InChI=1S/C10H16ClN3OS/c1-15-6-8(4-5-11)12-10-13-9(14-16-10)7-2-3-7/h7-8H,2-6H2,1H3,(H,12,13,14). The molecule has 16 heavy (non-hydrogen) atoms. The molecule has 1 atom stereocenters. The van der Waals surface area contributed by atoms with Gasteiger partial charge in [-0.25, -0.2) is 4.98 Å². The third-order valence-corrected chi connectivity index (χ3v) is 3.42. The van der Waals surface area contributed by atoms with Crippen LogP contribution in [0, 0.1) is 0 Å². The lowest BCUT2D eigenvalue weighted by Crippen LogP contribution is -2.25. The van der Waals surface area contributed by atoms with Gasteiger partial charge >= 0.3 is 0 Å². The topological polar surface area (TPSA) is 47.0 Å². The van der Waals surface area contributed by atoms with E-state index in [1.807, 2.05) is 0 Å². The van der Waals surface area contributed by atoms with Crippen molar-refractivity contribution in [1.29, 1.82) is 0 Å². The minimum Gasteiger partial charge on any atom is -0.383 e. The van der Waals surface area contributed by atoms with E-state index in [1.54, 1.807) is 7.11 Å². The molecule has 1 N–H and O–H groups in total. The molecule has 1 heterocycles. The number of hydrogen-bond donors (Lipinski definition) is 1. The summed E-state index contributed by atoms with van der Waals surface area (Å²) in [6, 6.07) is 0.225. The quantitative estimate of drug-likeness (QED) is 0.766. The fourth-order valence-electron chi connectivity index (χ4n) is 1.51. The SMILES string of the molecule is COCC(CCCl)Nc1nc(C2CC2)ns1. The van der Waals surface area contributed by atoms with Crippen molar-refractivity contribution in [3.05, 3.63) is 5.82 Å². The fraction of sp³-hybridized carbons (Fsp3) is 0.800. The first kappa shape index (κ1) is 12.1. The molecule has 90 valence electrons. The van der Waals surface area contributed by atoms with Crippen LogP contribution in [0.3, 0.4) is 0 Å². The summed E-state index contributed by atoms with van der Waals surface area (Å²) < 4.78 is 9.48. The second kappa shape index (κ2) is 5.80. The van der Waals surface area contributed by atoms with Crippen LogP contribution in [0.2, 0.25) is 0 Å². The molecule has 1 aliphatic carbocycles. The van der Waals surface area contributed by atoms with Gasteiger partial charge in [0.1, 0.15) is 5.82 Å². The number of nitrogens with one attached hydrogen (secondary N) is 1. The Kier molecular flexibility index (Phi) is 4.37. The lowest BCUT2D eigenvalue weighted by atomic mass is 10.2. The van der Waals surface area contributed by atoms with Crippen molar-refractivity contribution >= 4 is 28.3 Å². The van der Waals surface area contributed by atoms with Crippen LogP contribution >= 0.6 is 23.1 Å². The van der Waals surface area contributed by atoms with Crippen LogP contribution in [-0.4, -0.2) is 35.0 Å². The van der Waals surface area contributed by atoms with E-state index in [0.717, 1.165) is 17.4 Å². The van der Waals surface area contributed by atoms with Gasteiger partial charge in [0.15, 0.2) is 0 Å². The summed E-state index contributed by atoms with van der Waals surface area (Å²) >= 11 is 7.16. The molecule has 6 heteroatoms. The van der Waals surface area contributed by atoms with E-state index in [0.29, 0.717) is 18.4 Å². The zero-order chi connectivity index (χ0) is 11.4. The first-order chi connectivity index (χ1) is 7.83. The highest BCUT2D eigenvalue weighted by Gasteiger charge is 2.28. The van der Waals surface area contributed by atoms with Crippen molar-refractivity contribution in [2.24, 2.45) is 0 Å². The summed E-state index contributed by atoms with van der Waals surface area (Å²) in [6.07, 6.45) is 3.34. The van der Waals surface area contributed by atoms with Crippen LogP contribution in [0.15, 0.2) is 0 Å². The average molecular weight is 262 g/mol. The highest BCUT2D eigenvalue weighted by atomic mass is 35.5. The molecule has 1 saturated carbocycles. The molecule has 0 aliphatic heterocycles. The van der Waals surface area contributed by atoms with Crippen LogP contribution in [-0.2, 0) is 4.74 Å². The van der Waals surface area contributed by atoms with E-state index >= 15 is 0 Å². The minimum atomic E-state index is 0.225. The number of rotatable bonds is 7. The van der Waals surface area contributed by atoms with Gasteiger partial charge in [0.2, 0.25) is 5.13 Å². The summed E-state index contributed by atoms with van der Waals surface area (Å²) in [7, 11) is 1.69. The fourth-order valence-corrected chi connectivity index (χ4v) is 2.49. The van der Waals surface area contributed by atoms with Gasteiger partial charge in [0, 0.05) is 30.4 Å². The Morgan fingerprint density at radius 3 is 3.06 bits per heavy atom. The molecule has 0 spiro atoms. The number of nitrogens with zero attached hydrogens (tertiary/aromatic N) is 2. The third kappa shape index (κ3) is 3.30. The summed E-state index contributed by atoms with van der Waals surface area (Å²) in [5.74, 6) is 2.23. The summed E-state index contributed by atoms with van der Waals surface area (Å²) in [4.78, 5) is 4.47. The molecular formula is C10H16ClN3OS. The predicted molar refractivity (Wildman–Crippen MR) is 66.5 cm³/mol. The Hall–Kier alpha value is -0.390. The Morgan fingerprint density at radius 2 is 2.44 bits per heavy atom. The van der Waals surface area contributed by atoms with Crippen LogP contribution in [0.4, 0.5) is 5.13 Å². The lowest BCUT2D eigenvalue weighted by molar-refractivity contribution is 0.184. The molecule has 0 amide bonds. The molecule has 2 rings (SSSR count). The van der Waals surface area contributed by atoms with Crippen molar-refractivity contribution in [2.45, 2.75) is 31.2 Å². The second-order valence-corrected chi connectivity index (χ2v) is 5.14.